The quantitative estimate of drug-likeness (QED) is 0.746. The second-order valence-corrected chi connectivity index (χ2v) is 7.63. The topological polar surface area (TPSA) is 35.2 Å². The van der Waals surface area contributed by atoms with E-state index in [0.29, 0.717) is 17.3 Å². The summed E-state index contributed by atoms with van der Waals surface area (Å²) in [5, 5.41) is 7.46. The van der Waals surface area contributed by atoms with Crippen LogP contribution in [0.25, 0.3) is 11.3 Å². The van der Waals surface area contributed by atoms with E-state index in [4.69, 9.17) is 0 Å². The van der Waals surface area contributed by atoms with Crippen LogP contribution in [0, 0.1) is 11.6 Å². The minimum atomic E-state index is -0.575. The van der Waals surface area contributed by atoms with Crippen molar-refractivity contribution in [1.82, 2.24) is 15.1 Å². The van der Waals surface area contributed by atoms with Crippen molar-refractivity contribution in [1.29, 1.82) is 0 Å². The van der Waals surface area contributed by atoms with Gasteiger partial charge in [-0.1, -0.05) is 18.2 Å². The number of hydrogen-bond donors (Lipinski definition) is 1. The van der Waals surface area contributed by atoms with Gasteiger partial charge in [0.2, 0.25) is 0 Å². The van der Waals surface area contributed by atoms with E-state index in [1.807, 2.05) is 6.07 Å². The van der Waals surface area contributed by atoms with Crippen LogP contribution in [0.15, 0.2) is 48.5 Å². The van der Waals surface area contributed by atoms with E-state index in [0.717, 1.165) is 56.3 Å². The SMILES string of the molecule is Fc1cc(F)cc(-c2n[nH]c3c2CN([C@@H]2CCN(c4ccccc4)C2)CC3)c1. The summed E-state index contributed by atoms with van der Waals surface area (Å²) in [4.78, 5) is 4.92. The second-order valence-electron chi connectivity index (χ2n) is 7.63. The van der Waals surface area contributed by atoms with Gasteiger partial charge >= 0.3 is 0 Å². The molecule has 6 heteroatoms. The maximum Gasteiger partial charge on any atom is 0.126 e. The molecule has 1 atom stereocenters. The number of nitrogens with zero attached hydrogens (tertiary/aromatic N) is 3. The Morgan fingerprint density at radius 3 is 2.57 bits per heavy atom. The van der Waals surface area contributed by atoms with Gasteiger partial charge in [0.25, 0.3) is 0 Å². The molecule has 2 aromatic carbocycles. The van der Waals surface area contributed by atoms with Crippen LogP contribution in [-0.4, -0.2) is 40.8 Å². The number of anilines is 1. The summed E-state index contributed by atoms with van der Waals surface area (Å²) in [7, 11) is 0. The largest absolute Gasteiger partial charge is 0.370 e. The third-order valence-corrected chi connectivity index (χ3v) is 5.90. The molecule has 1 aromatic heterocycles. The summed E-state index contributed by atoms with van der Waals surface area (Å²) in [5.74, 6) is -1.15. The minimum absolute atomic E-state index is 0.473. The van der Waals surface area contributed by atoms with E-state index in [1.165, 1.54) is 17.8 Å². The van der Waals surface area contributed by atoms with Gasteiger partial charge in [-0.05, 0) is 30.7 Å². The fourth-order valence-corrected chi connectivity index (χ4v) is 4.47. The molecular formula is C22H22F2N4. The third kappa shape index (κ3) is 3.18. The zero-order chi connectivity index (χ0) is 19.1. The summed E-state index contributed by atoms with van der Waals surface area (Å²) < 4.78 is 27.4. The molecule has 1 N–H and O–H groups in total. The van der Waals surface area contributed by atoms with Gasteiger partial charge in [0.15, 0.2) is 0 Å². The molecule has 144 valence electrons. The zero-order valence-corrected chi connectivity index (χ0v) is 15.5. The predicted molar refractivity (Wildman–Crippen MR) is 105 cm³/mol. The average molecular weight is 380 g/mol. The number of fused-ring (bicyclic) bond motifs is 1. The zero-order valence-electron chi connectivity index (χ0n) is 15.5. The first-order valence-electron chi connectivity index (χ1n) is 9.74. The van der Waals surface area contributed by atoms with Gasteiger partial charge in [0.1, 0.15) is 11.6 Å². The van der Waals surface area contributed by atoms with E-state index in [2.05, 4.69) is 44.3 Å². The first-order valence-corrected chi connectivity index (χ1v) is 9.74. The molecule has 0 aliphatic carbocycles. The molecule has 3 aromatic rings. The van der Waals surface area contributed by atoms with E-state index < -0.39 is 11.6 Å². The lowest BCUT2D eigenvalue weighted by atomic mass is 9.99. The van der Waals surface area contributed by atoms with Crippen LogP contribution in [0.2, 0.25) is 0 Å². The standard InChI is InChI=1S/C22H22F2N4/c23-16-10-15(11-17(24)12-16)22-20-14-28(9-7-21(20)25-26-22)19-6-8-27(13-19)18-4-2-1-3-5-18/h1-5,10-12,19H,6-9,13-14H2,(H,25,26)/t19-/m1/s1. The third-order valence-electron chi connectivity index (χ3n) is 5.90. The molecule has 0 unspecified atom stereocenters. The van der Waals surface area contributed by atoms with E-state index >= 15 is 0 Å². The van der Waals surface area contributed by atoms with Crippen molar-refractivity contribution in [3.05, 3.63) is 71.4 Å². The number of aromatic amines is 1. The maximum absolute atomic E-state index is 13.7. The molecule has 4 nitrogen and oxygen atoms in total. The number of nitrogens with one attached hydrogen (secondary N) is 1. The highest BCUT2D eigenvalue weighted by molar-refractivity contribution is 5.64. The highest BCUT2D eigenvalue weighted by atomic mass is 19.1. The monoisotopic (exact) mass is 380 g/mol. The Balaban J connectivity index is 1.36. The van der Waals surface area contributed by atoms with Gasteiger partial charge in [0, 0.05) is 67.2 Å². The Bertz CT molecular complexity index is 965. The summed E-state index contributed by atoms with van der Waals surface area (Å²) in [6.07, 6.45) is 1.99. The summed E-state index contributed by atoms with van der Waals surface area (Å²) >= 11 is 0. The number of halogens is 2. The Hall–Kier alpha value is -2.73. The number of aromatic nitrogens is 2. The van der Waals surface area contributed by atoms with Crippen molar-refractivity contribution in [2.45, 2.75) is 25.4 Å². The van der Waals surface area contributed by atoms with Gasteiger partial charge < -0.3 is 4.90 Å². The maximum atomic E-state index is 13.7. The molecule has 0 amide bonds. The Kier molecular flexibility index (Phi) is 4.36. The van der Waals surface area contributed by atoms with Gasteiger partial charge in [-0.3, -0.25) is 10.00 Å². The molecule has 1 saturated heterocycles. The lowest BCUT2D eigenvalue weighted by molar-refractivity contribution is 0.191. The number of hydrogen-bond acceptors (Lipinski definition) is 3. The molecule has 2 aliphatic heterocycles. The van der Waals surface area contributed by atoms with Crippen LogP contribution in [-0.2, 0) is 13.0 Å². The van der Waals surface area contributed by atoms with Crippen LogP contribution < -0.4 is 4.90 Å². The average Bonchev–Trinajstić information content (AvgIpc) is 3.35. The number of para-hydroxylation sites is 1. The number of H-pyrrole nitrogens is 1. The lowest BCUT2D eigenvalue weighted by Gasteiger charge is -2.32. The highest BCUT2D eigenvalue weighted by Crippen LogP contribution is 2.32. The molecule has 0 radical (unpaired) electrons. The van der Waals surface area contributed by atoms with Crippen molar-refractivity contribution < 1.29 is 8.78 Å². The Morgan fingerprint density at radius 1 is 1.00 bits per heavy atom. The second kappa shape index (κ2) is 7.02. The fourth-order valence-electron chi connectivity index (χ4n) is 4.47. The van der Waals surface area contributed by atoms with Crippen molar-refractivity contribution in [2.75, 3.05) is 24.5 Å². The van der Waals surface area contributed by atoms with E-state index in [-0.39, 0.29) is 0 Å². The number of benzene rings is 2. The van der Waals surface area contributed by atoms with Gasteiger partial charge in [-0.15, -0.1) is 0 Å². The van der Waals surface area contributed by atoms with Gasteiger partial charge in [0.05, 0.1) is 5.69 Å². The van der Waals surface area contributed by atoms with Crippen molar-refractivity contribution in [2.24, 2.45) is 0 Å². The fraction of sp³-hybridized carbons (Fsp3) is 0.318. The summed E-state index contributed by atoms with van der Waals surface area (Å²) in [6, 6.07) is 14.6. The molecule has 5 rings (SSSR count). The first kappa shape index (κ1) is 17.4. The summed E-state index contributed by atoms with van der Waals surface area (Å²) in [6.45, 7) is 3.78. The van der Waals surface area contributed by atoms with Crippen LogP contribution in [0.5, 0.6) is 0 Å². The molecule has 0 bridgehead atoms. The molecule has 1 fully saturated rings. The van der Waals surface area contributed by atoms with Crippen LogP contribution in [0.4, 0.5) is 14.5 Å². The minimum Gasteiger partial charge on any atom is -0.370 e. The predicted octanol–water partition coefficient (Wildman–Crippen LogP) is 3.99. The van der Waals surface area contributed by atoms with Gasteiger partial charge in [-0.2, -0.15) is 5.10 Å². The smallest absolute Gasteiger partial charge is 0.126 e. The van der Waals surface area contributed by atoms with E-state index in [1.54, 1.807) is 0 Å². The summed E-state index contributed by atoms with van der Waals surface area (Å²) in [5.41, 5.74) is 4.57. The normalized spacial score (nSPS) is 19.8. The lowest BCUT2D eigenvalue weighted by Crippen LogP contribution is -2.41. The molecular weight excluding hydrogens is 358 g/mol. The molecule has 3 heterocycles. The van der Waals surface area contributed by atoms with Crippen molar-refractivity contribution in [3.63, 3.8) is 0 Å². The van der Waals surface area contributed by atoms with Gasteiger partial charge in [-0.25, -0.2) is 8.78 Å². The highest BCUT2D eigenvalue weighted by Gasteiger charge is 2.32. The first-order chi connectivity index (χ1) is 13.7. The molecule has 28 heavy (non-hydrogen) atoms. The van der Waals surface area contributed by atoms with Crippen LogP contribution in [0.3, 0.4) is 0 Å². The molecule has 2 aliphatic rings. The molecule has 0 spiro atoms. The van der Waals surface area contributed by atoms with Crippen LogP contribution >= 0.6 is 0 Å². The Morgan fingerprint density at radius 2 is 1.79 bits per heavy atom. The number of rotatable bonds is 3. The van der Waals surface area contributed by atoms with Crippen LogP contribution in [0.1, 0.15) is 17.7 Å². The Labute approximate surface area is 162 Å². The van der Waals surface area contributed by atoms with Crippen molar-refractivity contribution in [3.8, 4) is 11.3 Å². The van der Waals surface area contributed by atoms with E-state index in [9.17, 15) is 8.78 Å². The molecule has 0 saturated carbocycles. The van der Waals surface area contributed by atoms with Crippen molar-refractivity contribution >= 4 is 5.69 Å².